The zero-order valence-corrected chi connectivity index (χ0v) is 12.9. The van der Waals surface area contributed by atoms with Gasteiger partial charge in [-0.25, -0.2) is 9.59 Å². The number of nitrogens with one attached hydrogen (secondary N) is 1. The molecule has 7 heteroatoms. The van der Waals surface area contributed by atoms with E-state index in [0.29, 0.717) is 6.54 Å². The lowest BCUT2D eigenvalue weighted by Crippen LogP contribution is -2.43. The third-order valence-electron chi connectivity index (χ3n) is 3.19. The highest BCUT2D eigenvalue weighted by Gasteiger charge is 2.29. The number of carbonyl (C=O) groups is 3. The Morgan fingerprint density at radius 3 is 2.36 bits per heavy atom. The van der Waals surface area contributed by atoms with Crippen molar-refractivity contribution in [3.8, 4) is 0 Å². The van der Waals surface area contributed by atoms with Gasteiger partial charge in [0.1, 0.15) is 6.04 Å². The number of nitrogens with two attached hydrogens (primary N) is 1. The van der Waals surface area contributed by atoms with Crippen LogP contribution in [0.15, 0.2) is 30.3 Å². The van der Waals surface area contributed by atoms with Gasteiger partial charge in [-0.15, -0.1) is 0 Å². The van der Waals surface area contributed by atoms with Crippen molar-refractivity contribution in [3.63, 3.8) is 0 Å². The predicted molar refractivity (Wildman–Crippen MR) is 80.8 cm³/mol. The summed E-state index contributed by atoms with van der Waals surface area (Å²) in [5.41, 5.74) is 5.63. The minimum atomic E-state index is -1.11. The van der Waals surface area contributed by atoms with Crippen LogP contribution in [0, 0.1) is 0 Å². The summed E-state index contributed by atoms with van der Waals surface area (Å²) >= 11 is 0. The van der Waals surface area contributed by atoms with Crippen LogP contribution in [0.3, 0.4) is 0 Å². The van der Waals surface area contributed by atoms with Gasteiger partial charge in [0.25, 0.3) is 5.91 Å². The number of hydrogen-bond acceptors (Lipinski definition) is 5. The van der Waals surface area contributed by atoms with Gasteiger partial charge in [0.05, 0.1) is 0 Å². The number of hydrogen-bond donors (Lipinski definition) is 2. The Balaban J connectivity index is 2.85. The van der Waals surface area contributed by atoms with Crippen LogP contribution in [0.1, 0.15) is 25.5 Å². The summed E-state index contributed by atoms with van der Waals surface area (Å²) < 4.78 is 5.15. The van der Waals surface area contributed by atoms with Crippen LogP contribution in [-0.2, 0) is 14.3 Å². The van der Waals surface area contributed by atoms with Gasteiger partial charge in [-0.1, -0.05) is 37.3 Å². The first-order chi connectivity index (χ1) is 10.4. The van der Waals surface area contributed by atoms with E-state index in [1.165, 1.54) is 6.92 Å². The minimum Gasteiger partial charge on any atom is -0.451 e. The van der Waals surface area contributed by atoms with Crippen LogP contribution in [0.5, 0.6) is 0 Å². The fourth-order valence-corrected chi connectivity index (χ4v) is 1.90. The summed E-state index contributed by atoms with van der Waals surface area (Å²) in [6, 6.07) is 7.50. The smallest absolute Gasteiger partial charge is 0.328 e. The van der Waals surface area contributed by atoms with E-state index in [-0.39, 0.29) is 0 Å². The van der Waals surface area contributed by atoms with Crippen LogP contribution >= 0.6 is 0 Å². The SMILES string of the molecule is CCN(C)C(C(=O)OC(C)C(=O)NC(N)=O)c1ccccc1. The molecule has 0 bridgehead atoms. The largest absolute Gasteiger partial charge is 0.451 e. The molecular weight excluding hydrogens is 286 g/mol. The van der Waals surface area contributed by atoms with Crippen LogP contribution in [0.2, 0.25) is 0 Å². The van der Waals surface area contributed by atoms with Crippen LogP contribution in [-0.4, -0.2) is 42.5 Å². The van der Waals surface area contributed by atoms with Crippen molar-refractivity contribution in [2.75, 3.05) is 13.6 Å². The third kappa shape index (κ3) is 4.85. The lowest BCUT2D eigenvalue weighted by Gasteiger charge is -2.26. The molecule has 0 aliphatic carbocycles. The van der Waals surface area contributed by atoms with Crippen molar-refractivity contribution >= 4 is 17.9 Å². The Hall–Kier alpha value is -2.41. The van der Waals surface area contributed by atoms with Crippen molar-refractivity contribution in [1.29, 1.82) is 0 Å². The molecule has 0 aromatic heterocycles. The minimum absolute atomic E-state index is 0.567. The summed E-state index contributed by atoms with van der Waals surface area (Å²) in [6.45, 7) is 3.91. The first kappa shape index (κ1) is 17.6. The summed E-state index contributed by atoms with van der Waals surface area (Å²) in [6.07, 6.45) is -1.11. The van der Waals surface area contributed by atoms with Gasteiger partial charge in [0.2, 0.25) is 0 Å². The Kier molecular flexibility index (Phi) is 6.52. The summed E-state index contributed by atoms with van der Waals surface area (Å²) in [4.78, 5) is 36.4. The van der Waals surface area contributed by atoms with E-state index >= 15 is 0 Å². The lowest BCUT2D eigenvalue weighted by molar-refractivity contribution is -0.159. The van der Waals surface area contributed by atoms with E-state index in [2.05, 4.69) is 0 Å². The number of amides is 3. The van der Waals surface area contributed by atoms with Gasteiger partial charge >= 0.3 is 12.0 Å². The lowest BCUT2D eigenvalue weighted by atomic mass is 10.1. The molecule has 1 aromatic rings. The van der Waals surface area contributed by atoms with Gasteiger partial charge in [0, 0.05) is 0 Å². The van der Waals surface area contributed by atoms with Gasteiger partial charge in [0.15, 0.2) is 6.10 Å². The zero-order valence-electron chi connectivity index (χ0n) is 12.9. The Bertz CT molecular complexity index is 533. The third-order valence-corrected chi connectivity index (χ3v) is 3.19. The average molecular weight is 307 g/mol. The van der Waals surface area contributed by atoms with Gasteiger partial charge < -0.3 is 10.5 Å². The van der Waals surface area contributed by atoms with Crippen molar-refractivity contribution in [3.05, 3.63) is 35.9 Å². The first-order valence-electron chi connectivity index (χ1n) is 6.92. The molecule has 0 saturated heterocycles. The van der Waals surface area contributed by atoms with Crippen molar-refractivity contribution in [1.82, 2.24) is 10.2 Å². The van der Waals surface area contributed by atoms with E-state index < -0.39 is 30.1 Å². The molecule has 0 saturated carbocycles. The molecular formula is C15H21N3O4. The molecule has 1 aromatic carbocycles. The number of imide groups is 1. The number of carbonyl (C=O) groups excluding carboxylic acids is 3. The molecule has 2 unspecified atom stereocenters. The molecule has 0 aliphatic rings. The molecule has 120 valence electrons. The van der Waals surface area contributed by atoms with E-state index in [1.54, 1.807) is 11.9 Å². The maximum atomic E-state index is 12.4. The number of primary amides is 1. The van der Waals surface area contributed by atoms with E-state index in [9.17, 15) is 14.4 Å². The van der Waals surface area contributed by atoms with Gasteiger partial charge in [-0.2, -0.15) is 0 Å². The zero-order chi connectivity index (χ0) is 16.7. The van der Waals surface area contributed by atoms with Crippen LogP contribution in [0.25, 0.3) is 0 Å². The Labute approximate surface area is 129 Å². The number of nitrogens with zero attached hydrogens (tertiary/aromatic N) is 1. The van der Waals surface area contributed by atoms with E-state index in [0.717, 1.165) is 5.56 Å². The number of likely N-dealkylation sites (N-methyl/N-ethyl adjacent to an activating group) is 1. The molecule has 1 rings (SSSR count). The highest BCUT2D eigenvalue weighted by molar-refractivity contribution is 5.96. The number of rotatable bonds is 6. The molecule has 7 nitrogen and oxygen atoms in total. The fraction of sp³-hybridized carbons (Fsp3) is 0.400. The molecule has 3 amide bonds. The molecule has 0 heterocycles. The monoisotopic (exact) mass is 307 g/mol. The predicted octanol–water partition coefficient (Wildman–Crippen LogP) is 0.806. The van der Waals surface area contributed by atoms with Crippen molar-refractivity contribution in [2.24, 2.45) is 5.73 Å². The van der Waals surface area contributed by atoms with Crippen molar-refractivity contribution in [2.45, 2.75) is 26.0 Å². The maximum absolute atomic E-state index is 12.4. The average Bonchev–Trinajstić information content (AvgIpc) is 2.47. The van der Waals surface area contributed by atoms with Gasteiger partial charge in [-0.3, -0.25) is 15.0 Å². The topological polar surface area (TPSA) is 102 Å². The number of esters is 1. The highest BCUT2D eigenvalue weighted by atomic mass is 16.5. The summed E-state index contributed by atoms with van der Waals surface area (Å²) in [5, 5.41) is 1.88. The Morgan fingerprint density at radius 1 is 1.27 bits per heavy atom. The molecule has 0 aliphatic heterocycles. The number of urea groups is 1. The molecule has 0 fully saturated rings. The normalized spacial score (nSPS) is 13.3. The molecule has 0 radical (unpaired) electrons. The second-order valence-electron chi connectivity index (χ2n) is 4.82. The van der Waals surface area contributed by atoms with Crippen LogP contribution in [0.4, 0.5) is 4.79 Å². The van der Waals surface area contributed by atoms with E-state index in [1.807, 2.05) is 42.6 Å². The maximum Gasteiger partial charge on any atom is 0.328 e. The summed E-state index contributed by atoms with van der Waals surface area (Å²) in [7, 11) is 1.78. The number of benzene rings is 1. The molecule has 22 heavy (non-hydrogen) atoms. The Morgan fingerprint density at radius 2 is 1.86 bits per heavy atom. The standard InChI is InChI=1S/C15H21N3O4/c1-4-18(3)12(11-8-6-5-7-9-11)14(20)22-10(2)13(19)17-15(16)21/h5-10,12H,4H2,1-3H3,(H3,16,17,19,21). The number of ether oxygens (including phenoxy) is 1. The second-order valence-corrected chi connectivity index (χ2v) is 4.82. The van der Waals surface area contributed by atoms with Crippen LogP contribution < -0.4 is 11.1 Å². The fourth-order valence-electron chi connectivity index (χ4n) is 1.90. The molecule has 3 N–H and O–H groups in total. The second kappa shape index (κ2) is 8.14. The summed E-state index contributed by atoms with van der Waals surface area (Å²) in [5.74, 6) is -1.32. The first-order valence-corrected chi connectivity index (χ1v) is 6.92. The van der Waals surface area contributed by atoms with Crippen molar-refractivity contribution < 1.29 is 19.1 Å². The van der Waals surface area contributed by atoms with Gasteiger partial charge in [-0.05, 0) is 26.1 Å². The quantitative estimate of drug-likeness (QED) is 0.757. The highest BCUT2D eigenvalue weighted by Crippen LogP contribution is 2.21. The molecule has 0 spiro atoms. The molecule has 2 atom stereocenters. The van der Waals surface area contributed by atoms with E-state index in [4.69, 9.17) is 10.5 Å².